The number of nitrogens with zero attached hydrogens (tertiary/aromatic N) is 1. The Hall–Kier alpha value is -1.62. The standard InChI is InChI=1S/C11H13NO/c1-8(2)11(7-13)10(4)5-9(3)6-12/h5,7H,1H2,2-4H3/b9-5+,11-10-. The number of hydrogen-bond acceptors (Lipinski definition) is 2. The Kier molecular flexibility index (Phi) is 4.47. The Morgan fingerprint density at radius 2 is 1.92 bits per heavy atom. The largest absolute Gasteiger partial charge is 0.298 e. The Morgan fingerprint density at radius 3 is 2.23 bits per heavy atom. The number of carbonyl (C=O) groups is 1. The van der Waals surface area contributed by atoms with Crippen LogP contribution in [0.2, 0.25) is 0 Å². The molecule has 2 heteroatoms. The van der Waals surface area contributed by atoms with Gasteiger partial charge in [-0.2, -0.15) is 5.26 Å². The predicted octanol–water partition coefficient (Wildman–Crippen LogP) is 2.55. The van der Waals surface area contributed by atoms with Gasteiger partial charge in [-0.3, -0.25) is 4.79 Å². The maximum atomic E-state index is 10.6. The van der Waals surface area contributed by atoms with Crippen LogP contribution < -0.4 is 0 Å². The summed E-state index contributed by atoms with van der Waals surface area (Å²) in [6.45, 7) is 8.94. The Morgan fingerprint density at radius 1 is 1.38 bits per heavy atom. The topological polar surface area (TPSA) is 40.9 Å². The van der Waals surface area contributed by atoms with E-state index >= 15 is 0 Å². The normalized spacial score (nSPS) is 12.9. The second-order valence-corrected chi connectivity index (χ2v) is 2.93. The maximum Gasteiger partial charge on any atom is 0.150 e. The second kappa shape index (κ2) is 5.10. The van der Waals surface area contributed by atoms with Gasteiger partial charge in [0.1, 0.15) is 0 Å². The van der Waals surface area contributed by atoms with E-state index in [0.717, 1.165) is 17.4 Å². The summed E-state index contributed by atoms with van der Waals surface area (Å²) in [4.78, 5) is 10.6. The lowest BCUT2D eigenvalue weighted by atomic mass is 10.0. The molecular formula is C11H13NO. The molecular weight excluding hydrogens is 162 g/mol. The van der Waals surface area contributed by atoms with Crippen LogP contribution in [0.25, 0.3) is 0 Å². The quantitative estimate of drug-likeness (QED) is 0.286. The highest BCUT2D eigenvalue weighted by atomic mass is 16.1. The summed E-state index contributed by atoms with van der Waals surface area (Å²) in [6, 6.07) is 2.00. The zero-order valence-electron chi connectivity index (χ0n) is 8.22. The average Bonchev–Trinajstić information content (AvgIpc) is 2.04. The highest BCUT2D eigenvalue weighted by Gasteiger charge is 2.00. The van der Waals surface area contributed by atoms with E-state index in [2.05, 4.69) is 6.58 Å². The molecule has 0 atom stereocenters. The summed E-state index contributed by atoms with van der Waals surface area (Å²) in [5.41, 5.74) is 2.64. The lowest BCUT2D eigenvalue weighted by Gasteiger charge is -2.00. The van der Waals surface area contributed by atoms with E-state index < -0.39 is 0 Å². The van der Waals surface area contributed by atoms with Crippen LogP contribution in [0, 0.1) is 11.3 Å². The molecule has 0 spiro atoms. The van der Waals surface area contributed by atoms with Crippen molar-refractivity contribution in [3.05, 3.63) is 34.9 Å². The molecule has 0 N–H and O–H groups in total. The van der Waals surface area contributed by atoms with Crippen molar-refractivity contribution in [1.82, 2.24) is 0 Å². The average molecular weight is 175 g/mol. The molecule has 0 saturated heterocycles. The third-order valence-corrected chi connectivity index (χ3v) is 1.61. The van der Waals surface area contributed by atoms with E-state index in [-0.39, 0.29) is 0 Å². The number of carbonyl (C=O) groups excluding carboxylic acids is 1. The van der Waals surface area contributed by atoms with E-state index in [4.69, 9.17) is 5.26 Å². The zero-order valence-corrected chi connectivity index (χ0v) is 8.22. The SMILES string of the molecule is C=C(C)/C(C=O)=C(C)\C=C(/C)C#N. The number of rotatable bonds is 3. The minimum atomic E-state index is 0.564. The summed E-state index contributed by atoms with van der Waals surface area (Å²) < 4.78 is 0. The summed E-state index contributed by atoms with van der Waals surface area (Å²) in [5.74, 6) is 0. The third-order valence-electron chi connectivity index (χ3n) is 1.61. The van der Waals surface area contributed by atoms with E-state index in [0.29, 0.717) is 11.1 Å². The van der Waals surface area contributed by atoms with Gasteiger partial charge in [-0.1, -0.05) is 6.58 Å². The van der Waals surface area contributed by atoms with Gasteiger partial charge in [0, 0.05) is 11.1 Å². The molecule has 0 fully saturated rings. The second-order valence-electron chi connectivity index (χ2n) is 2.93. The van der Waals surface area contributed by atoms with Crippen LogP contribution in [-0.2, 0) is 4.79 Å². The third kappa shape index (κ3) is 3.53. The molecule has 0 aliphatic heterocycles. The molecule has 0 aliphatic carbocycles. The van der Waals surface area contributed by atoms with Gasteiger partial charge in [0.15, 0.2) is 6.29 Å². The van der Waals surface area contributed by atoms with Gasteiger partial charge in [0.2, 0.25) is 0 Å². The first-order valence-corrected chi connectivity index (χ1v) is 3.93. The van der Waals surface area contributed by atoms with Gasteiger partial charge in [0.05, 0.1) is 6.07 Å². The molecule has 0 heterocycles. The first-order chi connectivity index (χ1) is 6.02. The Balaban J connectivity index is 5.13. The fourth-order valence-corrected chi connectivity index (χ4v) is 0.965. The molecule has 0 aromatic rings. The summed E-state index contributed by atoms with van der Waals surface area (Å²) in [6.07, 6.45) is 2.44. The van der Waals surface area contributed by atoms with Gasteiger partial charge in [-0.15, -0.1) is 0 Å². The molecule has 0 unspecified atom stereocenters. The van der Waals surface area contributed by atoms with Gasteiger partial charge in [-0.25, -0.2) is 0 Å². The lowest BCUT2D eigenvalue weighted by Crippen LogP contribution is -1.90. The summed E-state index contributed by atoms with van der Waals surface area (Å²) >= 11 is 0. The van der Waals surface area contributed by atoms with Crippen molar-refractivity contribution in [2.45, 2.75) is 20.8 Å². The van der Waals surface area contributed by atoms with Crippen molar-refractivity contribution in [3.63, 3.8) is 0 Å². The minimum Gasteiger partial charge on any atom is -0.298 e. The molecule has 0 aromatic heterocycles. The molecule has 0 bridgehead atoms. The number of allylic oxidation sites excluding steroid dienone is 5. The summed E-state index contributed by atoms with van der Waals surface area (Å²) in [7, 11) is 0. The maximum absolute atomic E-state index is 10.6. The molecule has 0 amide bonds. The van der Waals surface area contributed by atoms with Crippen LogP contribution in [-0.4, -0.2) is 6.29 Å². The molecule has 0 aromatic carbocycles. The first kappa shape index (κ1) is 11.4. The smallest absolute Gasteiger partial charge is 0.150 e. The van der Waals surface area contributed by atoms with Gasteiger partial charge in [-0.05, 0) is 38.0 Å². The van der Waals surface area contributed by atoms with Crippen LogP contribution >= 0.6 is 0 Å². The molecule has 68 valence electrons. The molecule has 0 saturated carbocycles. The predicted molar refractivity (Wildman–Crippen MR) is 52.9 cm³/mol. The first-order valence-electron chi connectivity index (χ1n) is 3.93. The van der Waals surface area contributed by atoms with Crippen LogP contribution in [0.4, 0.5) is 0 Å². The Labute approximate surface area is 78.9 Å². The molecule has 13 heavy (non-hydrogen) atoms. The molecule has 0 aliphatic rings. The van der Waals surface area contributed by atoms with Crippen LogP contribution in [0.15, 0.2) is 34.9 Å². The van der Waals surface area contributed by atoms with Crippen LogP contribution in [0.5, 0.6) is 0 Å². The fraction of sp³-hybridized carbons (Fsp3) is 0.273. The van der Waals surface area contributed by atoms with E-state index in [1.165, 1.54) is 0 Å². The fourth-order valence-electron chi connectivity index (χ4n) is 0.965. The number of aldehydes is 1. The van der Waals surface area contributed by atoms with Gasteiger partial charge in [0.25, 0.3) is 0 Å². The highest BCUT2D eigenvalue weighted by Crippen LogP contribution is 2.12. The van der Waals surface area contributed by atoms with Gasteiger partial charge >= 0.3 is 0 Å². The minimum absolute atomic E-state index is 0.564. The van der Waals surface area contributed by atoms with Crippen molar-refractivity contribution < 1.29 is 4.79 Å². The van der Waals surface area contributed by atoms with Crippen molar-refractivity contribution in [2.24, 2.45) is 0 Å². The van der Waals surface area contributed by atoms with E-state index in [1.54, 1.807) is 26.8 Å². The van der Waals surface area contributed by atoms with Crippen molar-refractivity contribution in [1.29, 1.82) is 5.26 Å². The lowest BCUT2D eigenvalue weighted by molar-refractivity contribution is -0.104. The molecule has 0 radical (unpaired) electrons. The Bertz CT molecular complexity index is 326. The van der Waals surface area contributed by atoms with E-state index in [9.17, 15) is 4.79 Å². The number of nitriles is 1. The zero-order chi connectivity index (χ0) is 10.4. The van der Waals surface area contributed by atoms with Gasteiger partial charge < -0.3 is 0 Å². The highest BCUT2D eigenvalue weighted by molar-refractivity contribution is 5.81. The van der Waals surface area contributed by atoms with Crippen molar-refractivity contribution in [2.75, 3.05) is 0 Å². The molecule has 2 nitrogen and oxygen atoms in total. The van der Waals surface area contributed by atoms with Crippen molar-refractivity contribution >= 4 is 6.29 Å². The van der Waals surface area contributed by atoms with Crippen molar-refractivity contribution in [3.8, 4) is 6.07 Å². The molecule has 0 rings (SSSR count). The van der Waals surface area contributed by atoms with E-state index in [1.807, 2.05) is 6.07 Å². The monoisotopic (exact) mass is 175 g/mol. The van der Waals surface area contributed by atoms with Crippen LogP contribution in [0.3, 0.4) is 0 Å². The van der Waals surface area contributed by atoms with Crippen LogP contribution in [0.1, 0.15) is 20.8 Å². The summed E-state index contributed by atoms with van der Waals surface area (Å²) in [5, 5.41) is 8.53. The number of hydrogen-bond donors (Lipinski definition) is 0.